The van der Waals surface area contributed by atoms with E-state index in [-0.39, 0.29) is 12.5 Å². The van der Waals surface area contributed by atoms with Crippen molar-refractivity contribution in [3.05, 3.63) is 24.3 Å². The van der Waals surface area contributed by atoms with Gasteiger partial charge in [0.25, 0.3) is 5.91 Å². The number of anilines is 1. The fourth-order valence-corrected chi connectivity index (χ4v) is 3.62. The molecule has 0 bridgehead atoms. The van der Waals surface area contributed by atoms with E-state index in [1.54, 1.807) is 18.2 Å². The Balaban J connectivity index is 1.71. The molecule has 4 nitrogen and oxygen atoms in total. The molecule has 0 aromatic heterocycles. The van der Waals surface area contributed by atoms with Crippen LogP contribution in [0.2, 0.25) is 0 Å². The molecule has 1 aromatic rings. The van der Waals surface area contributed by atoms with E-state index in [1.165, 1.54) is 6.42 Å². The van der Waals surface area contributed by atoms with Crippen molar-refractivity contribution in [3.8, 4) is 5.75 Å². The topological polar surface area (TPSA) is 64.3 Å². The van der Waals surface area contributed by atoms with Crippen molar-refractivity contribution in [2.45, 2.75) is 37.5 Å². The van der Waals surface area contributed by atoms with E-state index in [2.05, 4.69) is 12.2 Å². The van der Waals surface area contributed by atoms with Crippen molar-refractivity contribution < 1.29 is 9.53 Å². The van der Waals surface area contributed by atoms with Crippen LogP contribution >= 0.6 is 11.8 Å². The van der Waals surface area contributed by atoms with Gasteiger partial charge >= 0.3 is 0 Å². The second-order valence-electron chi connectivity index (χ2n) is 5.02. The average Bonchev–Trinajstić information content (AvgIpc) is 2.84. The highest BCUT2D eigenvalue weighted by atomic mass is 32.2. The van der Waals surface area contributed by atoms with Crippen molar-refractivity contribution in [3.63, 3.8) is 0 Å². The largest absolute Gasteiger partial charge is 0.484 e. The van der Waals surface area contributed by atoms with Crippen molar-refractivity contribution in [2.24, 2.45) is 0 Å². The Bertz CT molecular complexity index is 453. The van der Waals surface area contributed by atoms with Crippen molar-refractivity contribution >= 4 is 23.4 Å². The molecule has 3 N–H and O–H groups in total. The molecule has 2 rings (SSSR count). The van der Waals surface area contributed by atoms with E-state index in [4.69, 9.17) is 10.5 Å². The van der Waals surface area contributed by atoms with Gasteiger partial charge in [-0.25, -0.2) is 0 Å². The molecular formula is C15H22N2O2S. The lowest BCUT2D eigenvalue weighted by atomic mass is 10.2. The highest BCUT2D eigenvalue weighted by Gasteiger charge is 2.25. The molecule has 2 unspecified atom stereocenters. The van der Waals surface area contributed by atoms with Crippen LogP contribution in [0.15, 0.2) is 24.3 Å². The summed E-state index contributed by atoms with van der Waals surface area (Å²) in [5, 5.41) is 3.74. The van der Waals surface area contributed by atoms with Gasteiger partial charge in [-0.2, -0.15) is 11.8 Å². The minimum atomic E-state index is -0.0560. The lowest BCUT2D eigenvalue weighted by molar-refractivity contribution is -0.123. The van der Waals surface area contributed by atoms with E-state index < -0.39 is 0 Å². The summed E-state index contributed by atoms with van der Waals surface area (Å²) >= 11 is 1.99. The Kier molecular flexibility index (Phi) is 5.59. The highest BCUT2D eigenvalue weighted by molar-refractivity contribution is 7.99. The summed E-state index contributed by atoms with van der Waals surface area (Å²) in [4.78, 5) is 11.8. The minimum absolute atomic E-state index is 0.0472. The normalized spacial score (nSPS) is 21.6. The second-order valence-corrected chi connectivity index (χ2v) is 6.59. The molecule has 1 aromatic carbocycles. The second kappa shape index (κ2) is 7.43. The van der Waals surface area contributed by atoms with Gasteiger partial charge in [-0.1, -0.05) is 13.0 Å². The summed E-state index contributed by atoms with van der Waals surface area (Å²) in [5.41, 5.74) is 6.30. The van der Waals surface area contributed by atoms with Crippen LogP contribution < -0.4 is 15.8 Å². The first-order valence-electron chi connectivity index (χ1n) is 7.06. The fraction of sp³-hybridized carbons (Fsp3) is 0.533. The molecule has 0 heterocycles. The molecular weight excluding hydrogens is 272 g/mol. The summed E-state index contributed by atoms with van der Waals surface area (Å²) in [6.45, 7) is 2.22. The van der Waals surface area contributed by atoms with E-state index >= 15 is 0 Å². The Labute approximate surface area is 124 Å². The first-order chi connectivity index (χ1) is 9.67. The molecule has 5 heteroatoms. The first-order valence-corrected chi connectivity index (χ1v) is 8.11. The standard InChI is InChI=1S/C15H22N2O2S/c1-2-20-14-7-6-12(9-14)17-15(18)10-19-13-5-3-4-11(16)8-13/h3-5,8,12,14H,2,6-7,9-10,16H2,1H3,(H,17,18). The van der Waals surface area contributed by atoms with Crippen molar-refractivity contribution in [1.29, 1.82) is 0 Å². The number of hydrogen-bond donors (Lipinski definition) is 2. The van der Waals surface area contributed by atoms with Crippen LogP contribution in [0.4, 0.5) is 5.69 Å². The van der Waals surface area contributed by atoms with Gasteiger partial charge in [0.05, 0.1) is 0 Å². The first kappa shape index (κ1) is 15.0. The van der Waals surface area contributed by atoms with Gasteiger partial charge in [0.2, 0.25) is 0 Å². The van der Waals surface area contributed by atoms with Crippen molar-refractivity contribution in [1.82, 2.24) is 5.32 Å². The molecule has 1 aliphatic carbocycles. The van der Waals surface area contributed by atoms with Crippen LogP contribution in [0.5, 0.6) is 5.75 Å². The zero-order chi connectivity index (χ0) is 14.4. The molecule has 2 atom stereocenters. The maximum atomic E-state index is 11.8. The number of nitrogen functional groups attached to an aromatic ring is 1. The SMILES string of the molecule is CCSC1CCC(NC(=O)COc2cccc(N)c2)C1. The predicted octanol–water partition coefficient (Wildman–Crippen LogP) is 2.44. The molecule has 0 radical (unpaired) electrons. The lowest BCUT2D eigenvalue weighted by Gasteiger charge is -2.13. The third kappa shape index (κ3) is 4.63. The highest BCUT2D eigenvalue weighted by Crippen LogP contribution is 2.29. The van der Waals surface area contributed by atoms with Gasteiger partial charge < -0.3 is 15.8 Å². The predicted molar refractivity (Wildman–Crippen MR) is 84.1 cm³/mol. The minimum Gasteiger partial charge on any atom is -0.484 e. The van der Waals surface area contributed by atoms with E-state index in [0.717, 1.165) is 18.6 Å². The van der Waals surface area contributed by atoms with Crippen LogP contribution in [-0.4, -0.2) is 29.6 Å². The Morgan fingerprint density at radius 2 is 2.35 bits per heavy atom. The van der Waals surface area contributed by atoms with Gasteiger partial charge in [-0.05, 0) is 37.1 Å². The molecule has 1 aliphatic rings. The molecule has 1 amide bonds. The number of rotatable bonds is 6. The number of hydrogen-bond acceptors (Lipinski definition) is 4. The monoisotopic (exact) mass is 294 g/mol. The molecule has 1 fully saturated rings. The zero-order valence-corrected chi connectivity index (χ0v) is 12.6. The quantitative estimate of drug-likeness (QED) is 0.791. The summed E-state index contributed by atoms with van der Waals surface area (Å²) in [7, 11) is 0. The third-order valence-corrected chi connectivity index (χ3v) is 4.61. The molecule has 0 spiro atoms. The third-order valence-electron chi connectivity index (χ3n) is 3.38. The number of thioether (sulfide) groups is 1. The number of benzene rings is 1. The van der Waals surface area contributed by atoms with Crippen LogP contribution in [-0.2, 0) is 4.79 Å². The lowest BCUT2D eigenvalue weighted by Crippen LogP contribution is -2.36. The number of carbonyl (C=O) groups excluding carboxylic acids is 1. The number of carbonyl (C=O) groups is 1. The van der Waals surface area contributed by atoms with Crippen LogP contribution in [0.25, 0.3) is 0 Å². The maximum absolute atomic E-state index is 11.8. The molecule has 0 saturated heterocycles. The Hall–Kier alpha value is -1.36. The van der Waals surface area contributed by atoms with E-state index in [9.17, 15) is 4.79 Å². The van der Waals surface area contributed by atoms with Crippen LogP contribution in [0, 0.1) is 0 Å². The summed E-state index contributed by atoms with van der Waals surface area (Å²) in [6, 6.07) is 7.42. The molecule has 1 saturated carbocycles. The van der Waals surface area contributed by atoms with Gasteiger partial charge in [-0.3, -0.25) is 4.79 Å². The van der Waals surface area contributed by atoms with Gasteiger partial charge in [0, 0.05) is 23.0 Å². The van der Waals surface area contributed by atoms with Gasteiger partial charge in [-0.15, -0.1) is 0 Å². The van der Waals surface area contributed by atoms with Crippen LogP contribution in [0.1, 0.15) is 26.2 Å². The molecule has 20 heavy (non-hydrogen) atoms. The molecule has 0 aliphatic heterocycles. The number of amides is 1. The molecule has 110 valence electrons. The Morgan fingerprint density at radius 3 is 3.10 bits per heavy atom. The summed E-state index contributed by atoms with van der Waals surface area (Å²) in [5.74, 6) is 1.72. The zero-order valence-electron chi connectivity index (χ0n) is 11.8. The van der Waals surface area contributed by atoms with E-state index in [0.29, 0.717) is 22.7 Å². The van der Waals surface area contributed by atoms with Crippen molar-refractivity contribution in [2.75, 3.05) is 18.1 Å². The number of nitrogens with one attached hydrogen (secondary N) is 1. The average molecular weight is 294 g/mol. The number of ether oxygens (including phenoxy) is 1. The smallest absolute Gasteiger partial charge is 0.258 e. The maximum Gasteiger partial charge on any atom is 0.258 e. The van der Waals surface area contributed by atoms with Crippen LogP contribution in [0.3, 0.4) is 0 Å². The van der Waals surface area contributed by atoms with E-state index in [1.807, 2.05) is 17.8 Å². The van der Waals surface area contributed by atoms with Gasteiger partial charge in [0.15, 0.2) is 6.61 Å². The number of nitrogens with two attached hydrogens (primary N) is 1. The summed E-state index contributed by atoms with van der Waals surface area (Å²) < 4.78 is 5.44. The Morgan fingerprint density at radius 1 is 1.50 bits per heavy atom. The summed E-state index contributed by atoms with van der Waals surface area (Å²) in [6.07, 6.45) is 3.34. The van der Waals surface area contributed by atoms with Gasteiger partial charge in [0.1, 0.15) is 5.75 Å². The fourth-order valence-electron chi connectivity index (χ4n) is 2.48.